The summed E-state index contributed by atoms with van der Waals surface area (Å²) in [7, 11) is 0. The van der Waals surface area contributed by atoms with Crippen molar-refractivity contribution in [2.75, 3.05) is 10.6 Å². The second kappa shape index (κ2) is 6.15. The molecule has 0 spiro atoms. The summed E-state index contributed by atoms with van der Waals surface area (Å²) in [5, 5.41) is 6.48. The number of benzene rings is 1. The minimum absolute atomic E-state index is 0.339. The number of aromatic nitrogens is 2. The number of nitrogens with one attached hydrogen (secondary N) is 2. The molecule has 2 aromatic rings. The van der Waals surface area contributed by atoms with Gasteiger partial charge in [-0.25, -0.2) is 9.97 Å². The van der Waals surface area contributed by atoms with E-state index < -0.39 is 0 Å². The molecule has 19 heavy (non-hydrogen) atoms. The molecule has 0 unspecified atom stereocenters. The molecule has 0 fully saturated rings. The number of nitrogens with two attached hydrogens (primary N) is 1. The summed E-state index contributed by atoms with van der Waals surface area (Å²) in [4.78, 5) is 8.37. The van der Waals surface area contributed by atoms with Crippen molar-refractivity contribution < 1.29 is 0 Å². The lowest BCUT2D eigenvalue weighted by Gasteiger charge is -2.10. The van der Waals surface area contributed by atoms with Crippen LogP contribution in [-0.4, -0.2) is 16.0 Å². The van der Waals surface area contributed by atoms with Crippen molar-refractivity contribution in [1.29, 1.82) is 0 Å². The number of hydrogen-bond donors (Lipinski definition) is 3. The lowest BCUT2D eigenvalue weighted by atomic mass is 10.2. The Bertz CT molecular complexity index is 522. The van der Waals surface area contributed by atoms with Gasteiger partial charge in [0.15, 0.2) is 0 Å². The molecule has 0 amide bonds. The first-order chi connectivity index (χ1) is 9.17. The molecule has 0 aliphatic carbocycles. The van der Waals surface area contributed by atoms with Crippen molar-refractivity contribution in [2.24, 2.45) is 5.73 Å². The summed E-state index contributed by atoms with van der Waals surface area (Å²) in [5.41, 5.74) is 7.65. The number of rotatable bonds is 5. The van der Waals surface area contributed by atoms with Gasteiger partial charge in [-0.2, -0.15) is 0 Å². The van der Waals surface area contributed by atoms with Gasteiger partial charge in [0, 0.05) is 24.3 Å². The van der Waals surface area contributed by atoms with Crippen molar-refractivity contribution in [3.8, 4) is 0 Å². The van der Waals surface area contributed by atoms with Crippen LogP contribution in [0.15, 0.2) is 36.7 Å². The van der Waals surface area contributed by atoms with Gasteiger partial charge >= 0.3 is 0 Å². The average molecular weight is 257 g/mol. The van der Waals surface area contributed by atoms with Crippen LogP contribution in [0.25, 0.3) is 0 Å². The lowest BCUT2D eigenvalue weighted by molar-refractivity contribution is 0.886. The normalized spacial score (nSPS) is 10.5. The molecule has 100 valence electrons. The molecule has 0 aliphatic rings. The average Bonchev–Trinajstić information content (AvgIpc) is 2.39. The van der Waals surface area contributed by atoms with Crippen LogP contribution in [0.2, 0.25) is 0 Å². The van der Waals surface area contributed by atoms with Gasteiger partial charge in [0.1, 0.15) is 18.0 Å². The molecule has 5 nitrogen and oxygen atoms in total. The first-order valence-corrected chi connectivity index (χ1v) is 6.32. The smallest absolute Gasteiger partial charge is 0.135 e. The second-order valence-corrected chi connectivity index (χ2v) is 4.61. The number of nitrogens with zero attached hydrogens (tertiary/aromatic N) is 2. The van der Waals surface area contributed by atoms with E-state index in [0.29, 0.717) is 12.6 Å². The molecule has 0 aliphatic heterocycles. The zero-order valence-electron chi connectivity index (χ0n) is 11.2. The van der Waals surface area contributed by atoms with Crippen LogP contribution in [-0.2, 0) is 6.54 Å². The van der Waals surface area contributed by atoms with Gasteiger partial charge in [0.05, 0.1) is 0 Å². The van der Waals surface area contributed by atoms with Crippen molar-refractivity contribution in [1.82, 2.24) is 9.97 Å². The molecular formula is C14H19N5. The van der Waals surface area contributed by atoms with E-state index in [9.17, 15) is 0 Å². The third kappa shape index (κ3) is 3.93. The highest BCUT2D eigenvalue weighted by molar-refractivity contribution is 5.59. The maximum absolute atomic E-state index is 5.57. The summed E-state index contributed by atoms with van der Waals surface area (Å²) in [6.45, 7) is 4.69. The van der Waals surface area contributed by atoms with E-state index in [1.54, 1.807) is 6.33 Å². The third-order valence-electron chi connectivity index (χ3n) is 2.57. The first kappa shape index (κ1) is 13.3. The number of anilines is 3. The summed E-state index contributed by atoms with van der Waals surface area (Å²) >= 11 is 0. The third-order valence-corrected chi connectivity index (χ3v) is 2.57. The van der Waals surface area contributed by atoms with E-state index >= 15 is 0 Å². The second-order valence-electron chi connectivity index (χ2n) is 4.61. The van der Waals surface area contributed by atoms with Gasteiger partial charge in [0.25, 0.3) is 0 Å². The van der Waals surface area contributed by atoms with Crippen molar-refractivity contribution in [3.63, 3.8) is 0 Å². The zero-order chi connectivity index (χ0) is 13.7. The highest BCUT2D eigenvalue weighted by Crippen LogP contribution is 2.17. The summed E-state index contributed by atoms with van der Waals surface area (Å²) in [6.07, 6.45) is 1.54. The summed E-state index contributed by atoms with van der Waals surface area (Å²) in [6, 6.07) is 10.2. The predicted octanol–water partition coefficient (Wildman–Crippen LogP) is 2.50. The molecule has 0 radical (unpaired) electrons. The molecule has 2 rings (SSSR count). The highest BCUT2D eigenvalue weighted by atomic mass is 15.1. The van der Waals surface area contributed by atoms with Crippen LogP contribution in [0.5, 0.6) is 0 Å². The monoisotopic (exact) mass is 257 g/mol. The van der Waals surface area contributed by atoms with Crippen LogP contribution in [0.3, 0.4) is 0 Å². The largest absolute Gasteiger partial charge is 0.368 e. The van der Waals surface area contributed by atoms with Crippen molar-refractivity contribution in [2.45, 2.75) is 26.4 Å². The SMILES string of the molecule is CC(C)Nc1cc(Nc2ccc(CN)cc2)ncn1. The van der Waals surface area contributed by atoms with Crippen LogP contribution < -0.4 is 16.4 Å². The Kier molecular flexibility index (Phi) is 4.30. The first-order valence-electron chi connectivity index (χ1n) is 6.32. The van der Waals surface area contributed by atoms with Gasteiger partial charge in [-0.05, 0) is 31.5 Å². The minimum atomic E-state index is 0.339. The Hall–Kier alpha value is -2.14. The molecule has 1 heterocycles. The van der Waals surface area contributed by atoms with Crippen molar-refractivity contribution in [3.05, 3.63) is 42.2 Å². The van der Waals surface area contributed by atoms with E-state index in [0.717, 1.165) is 22.9 Å². The fourth-order valence-corrected chi connectivity index (χ4v) is 1.67. The fourth-order valence-electron chi connectivity index (χ4n) is 1.67. The predicted molar refractivity (Wildman–Crippen MR) is 78.4 cm³/mol. The molecule has 0 bridgehead atoms. The number of hydrogen-bond acceptors (Lipinski definition) is 5. The van der Waals surface area contributed by atoms with Crippen LogP contribution >= 0.6 is 0 Å². The van der Waals surface area contributed by atoms with Gasteiger partial charge in [-0.3, -0.25) is 0 Å². The van der Waals surface area contributed by atoms with E-state index in [4.69, 9.17) is 5.73 Å². The summed E-state index contributed by atoms with van der Waals surface area (Å²) in [5.74, 6) is 1.57. The fraction of sp³-hybridized carbons (Fsp3) is 0.286. The van der Waals surface area contributed by atoms with E-state index in [2.05, 4.69) is 34.4 Å². The zero-order valence-corrected chi connectivity index (χ0v) is 11.2. The maximum Gasteiger partial charge on any atom is 0.135 e. The topological polar surface area (TPSA) is 75.9 Å². The van der Waals surface area contributed by atoms with E-state index in [1.807, 2.05) is 30.3 Å². The van der Waals surface area contributed by atoms with Gasteiger partial charge in [0.2, 0.25) is 0 Å². The van der Waals surface area contributed by atoms with E-state index in [-0.39, 0.29) is 0 Å². The Labute approximate surface area is 113 Å². The molecule has 4 N–H and O–H groups in total. The van der Waals surface area contributed by atoms with Crippen LogP contribution in [0.4, 0.5) is 17.3 Å². The molecule has 1 aromatic heterocycles. The highest BCUT2D eigenvalue weighted by Gasteiger charge is 2.01. The quantitative estimate of drug-likeness (QED) is 0.767. The van der Waals surface area contributed by atoms with Gasteiger partial charge in [-0.15, -0.1) is 0 Å². The van der Waals surface area contributed by atoms with Gasteiger partial charge < -0.3 is 16.4 Å². The van der Waals surface area contributed by atoms with Gasteiger partial charge in [-0.1, -0.05) is 12.1 Å². The standard InChI is InChI=1S/C14H19N5/c1-10(2)18-13-7-14(17-9-16-13)19-12-5-3-11(8-15)4-6-12/h3-7,9-10H,8,15H2,1-2H3,(H2,16,17,18,19). The Morgan fingerprint density at radius 2 is 1.79 bits per heavy atom. The van der Waals surface area contributed by atoms with Crippen LogP contribution in [0, 0.1) is 0 Å². The van der Waals surface area contributed by atoms with E-state index in [1.165, 1.54) is 0 Å². The van der Waals surface area contributed by atoms with Crippen LogP contribution in [0.1, 0.15) is 19.4 Å². The Morgan fingerprint density at radius 3 is 2.42 bits per heavy atom. The van der Waals surface area contributed by atoms with Crippen molar-refractivity contribution >= 4 is 17.3 Å². The Balaban J connectivity index is 2.09. The maximum atomic E-state index is 5.57. The minimum Gasteiger partial charge on any atom is -0.368 e. The molecule has 0 atom stereocenters. The Morgan fingerprint density at radius 1 is 1.11 bits per heavy atom. The molecular weight excluding hydrogens is 238 g/mol. The lowest BCUT2D eigenvalue weighted by Crippen LogP contribution is -2.11. The molecule has 0 saturated heterocycles. The molecule has 0 saturated carbocycles. The summed E-state index contributed by atoms with van der Waals surface area (Å²) < 4.78 is 0. The molecule has 5 heteroatoms. The molecule has 1 aromatic carbocycles.